The summed E-state index contributed by atoms with van der Waals surface area (Å²) in [5, 5.41) is 0. The summed E-state index contributed by atoms with van der Waals surface area (Å²) in [5.41, 5.74) is 9.74. The summed E-state index contributed by atoms with van der Waals surface area (Å²) >= 11 is 0. The first-order valence-electron chi connectivity index (χ1n) is 5.91. The summed E-state index contributed by atoms with van der Waals surface area (Å²) in [6.45, 7) is 1.97. The maximum absolute atomic E-state index is 5.88. The van der Waals surface area contributed by atoms with E-state index < -0.39 is 0 Å². The Kier molecular flexibility index (Phi) is 2.57. The number of nitrogens with zero attached hydrogens (tertiary/aromatic N) is 2. The van der Waals surface area contributed by atoms with E-state index in [1.54, 1.807) is 6.20 Å². The number of nitrogens with two attached hydrogens (primary N) is 1. The summed E-state index contributed by atoms with van der Waals surface area (Å²) in [6, 6.07) is 11.8. The van der Waals surface area contributed by atoms with Crippen LogP contribution >= 0.6 is 0 Å². The lowest BCUT2D eigenvalue weighted by molar-refractivity contribution is 0.819. The summed E-state index contributed by atoms with van der Waals surface area (Å²) in [4.78, 5) is 12.1. The molecule has 0 saturated carbocycles. The highest BCUT2D eigenvalue weighted by molar-refractivity contribution is 5.79. The van der Waals surface area contributed by atoms with Gasteiger partial charge in [0, 0.05) is 12.2 Å². The molecule has 18 heavy (non-hydrogen) atoms. The molecule has 90 valence electrons. The van der Waals surface area contributed by atoms with Crippen molar-refractivity contribution in [1.82, 2.24) is 15.0 Å². The Bertz CT molecular complexity index is 671. The highest BCUT2D eigenvalue weighted by Gasteiger charge is 2.07. The summed E-state index contributed by atoms with van der Waals surface area (Å²) in [7, 11) is 0. The highest BCUT2D eigenvalue weighted by atomic mass is 14.9. The predicted octanol–water partition coefficient (Wildman–Crippen LogP) is 2.64. The molecule has 2 aromatic heterocycles. The molecule has 1 aromatic carbocycles. The average molecular weight is 238 g/mol. The molecular formula is C14H14N4. The molecule has 1 atom stereocenters. The number of rotatable bonds is 2. The van der Waals surface area contributed by atoms with Crippen LogP contribution in [-0.4, -0.2) is 15.0 Å². The average Bonchev–Trinajstić information content (AvgIpc) is 2.82. The van der Waals surface area contributed by atoms with E-state index in [0.29, 0.717) is 0 Å². The molecule has 0 aliphatic carbocycles. The van der Waals surface area contributed by atoms with Crippen LogP contribution in [0.15, 0.2) is 42.6 Å². The SMILES string of the molecule is CC(N)c1ccc2nc(-c3ccccn3)[nH]c2c1. The van der Waals surface area contributed by atoms with Gasteiger partial charge < -0.3 is 10.7 Å². The summed E-state index contributed by atoms with van der Waals surface area (Å²) in [6.07, 6.45) is 1.76. The molecule has 3 rings (SSSR count). The number of H-pyrrole nitrogens is 1. The van der Waals surface area contributed by atoms with Gasteiger partial charge in [0.05, 0.1) is 11.0 Å². The zero-order chi connectivity index (χ0) is 12.5. The molecule has 0 saturated heterocycles. The minimum atomic E-state index is 0.0241. The van der Waals surface area contributed by atoms with E-state index in [4.69, 9.17) is 5.73 Å². The first-order chi connectivity index (χ1) is 8.74. The van der Waals surface area contributed by atoms with Gasteiger partial charge in [0.2, 0.25) is 0 Å². The highest BCUT2D eigenvalue weighted by Crippen LogP contribution is 2.21. The summed E-state index contributed by atoms with van der Waals surface area (Å²) in [5.74, 6) is 0.785. The lowest BCUT2D eigenvalue weighted by atomic mass is 10.1. The molecule has 0 fully saturated rings. The molecule has 0 amide bonds. The minimum absolute atomic E-state index is 0.0241. The van der Waals surface area contributed by atoms with Crippen molar-refractivity contribution in [2.24, 2.45) is 5.73 Å². The fourth-order valence-corrected chi connectivity index (χ4v) is 1.93. The Morgan fingerprint density at radius 3 is 2.83 bits per heavy atom. The van der Waals surface area contributed by atoms with Crippen molar-refractivity contribution in [3.63, 3.8) is 0 Å². The van der Waals surface area contributed by atoms with E-state index in [9.17, 15) is 0 Å². The first-order valence-corrected chi connectivity index (χ1v) is 5.91. The monoisotopic (exact) mass is 238 g/mol. The van der Waals surface area contributed by atoms with Crippen molar-refractivity contribution >= 4 is 11.0 Å². The Morgan fingerprint density at radius 2 is 2.11 bits per heavy atom. The van der Waals surface area contributed by atoms with Crippen LogP contribution in [0.25, 0.3) is 22.6 Å². The fraction of sp³-hybridized carbons (Fsp3) is 0.143. The number of hydrogen-bond acceptors (Lipinski definition) is 3. The molecule has 0 aliphatic heterocycles. The molecule has 0 spiro atoms. The molecule has 2 heterocycles. The van der Waals surface area contributed by atoms with E-state index in [1.165, 1.54) is 0 Å². The number of imidazole rings is 1. The van der Waals surface area contributed by atoms with Crippen LogP contribution in [0.4, 0.5) is 0 Å². The van der Waals surface area contributed by atoms with Crippen molar-refractivity contribution in [2.75, 3.05) is 0 Å². The molecule has 0 aliphatic rings. The molecule has 3 aromatic rings. The molecule has 4 nitrogen and oxygen atoms in total. The van der Waals surface area contributed by atoms with Gasteiger partial charge in [-0.25, -0.2) is 4.98 Å². The number of fused-ring (bicyclic) bond motifs is 1. The third-order valence-electron chi connectivity index (χ3n) is 2.94. The summed E-state index contributed by atoms with van der Waals surface area (Å²) < 4.78 is 0. The largest absolute Gasteiger partial charge is 0.337 e. The van der Waals surface area contributed by atoms with Gasteiger partial charge in [0.25, 0.3) is 0 Å². The van der Waals surface area contributed by atoms with Crippen LogP contribution in [0.3, 0.4) is 0 Å². The van der Waals surface area contributed by atoms with Crippen LogP contribution in [0.1, 0.15) is 18.5 Å². The quantitative estimate of drug-likeness (QED) is 0.721. The van der Waals surface area contributed by atoms with E-state index in [0.717, 1.165) is 28.1 Å². The molecule has 0 bridgehead atoms. The van der Waals surface area contributed by atoms with Crippen molar-refractivity contribution in [2.45, 2.75) is 13.0 Å². The van der Waals surface area contributed by atoms with Gasteiger partial charge in [-0.05, 0) is 36.8 Å². The number of pyridine rings is 1. The third kappa shape index (κ3) is 1.87. The Morgan fingerprint density at radius 1 is 1.22 bits per heavy atom. The Hall–Kier alpha value is -2.20. The van der Waals surface area contributed by atoms with E-state index in [2.05, 4.69) is 15.0 Å². The maximum atomic E-state index is 5.88. The zero-order valence-corrected chi connectivity index (χ0v) is 10.1. The van der Waals surface area contributed by atoms with Gasteiger partial charge in [-0.2, -0.15) is 0 Å². The van der Waals surface area contributed by atoms with E-state index >= 15 is 0 Å². The molecule has 3 N–H and O–H groups in total. The van der Waals surface area contributed by atoms with Crippen LogP contribution in [0, 0.1) is 0 Å². The lowest BCUT2D eigenvalue weighted by Gasteiger charge is -2.03. The van der Waals surface area contributed by atoms with Crippen molar-refractivity contribution in [1.29, 1.82) is 0 Å². The first kappa shape index (κ1) is 10.9. The minimum Gasteiger partial charge on any atom is -0.337 e. The van der Waals surface area contributed by atoms with Gasteiger partial charge >= 0.3 is 0 Å². The number of hydrogen-bond donors (Lipinski definition) is 2. The predicted molar refractivity (Wildman–Crippen MR) is 71.9 cm³/mol. The van der Waals surface area contributed by atoms with Crippen molar-refractivity contribution < 1.29 is 0 Å². The topological polar surface area (TPSA) is 67.6 Å². The molecule has 0 radical (unpaired) electrons. The standard InChI is InChI=1S/C14H14N4/c1-9(15)10-5-6-11-13(8-10)18-14(17-11)12-4-2-3-7-16-12/h2-9H,15H2,1H3,(H,17,18). The number of nitrogens with one attached hydrogen (secondary N) is 1. The van der Waals surface area contributed by atoms with E-state index in [-0.39, 0.29) is 6.04 Å². The Balaban J connectivity index is 2.11. The normalized spacial score (nSPS) is 12.8. The van der Waals surface area contributed by atoms with Gasteiger partial charge in [-0.1, -0.05) is 12.1 Å². The molecular weight excluding hydrogens is 224 g/mol. The molecule has 4 heteroatoms. The molecule has 1 unspecified atom stereocenters. The van der Waals surface area contributed by atoms with Crippen LogP contribution in [0.2, 0.25) is 0 Å². The van der Waals surface area contributed by atoms with Gasteiger partial charge in [-0.15, -0.1) is 0 Å². The second kappa shape index (κ2) is 4.23. The van der Waals surface area contributed by atoms with E-state index in [1.807, 2.05) is 43.3 Å². The lowest BCUT2D eigenvalue weighted by Crippen LogP contribution is -2.04. The van der Waals surface area contributed by atoms with Gasteiger partial charge in [-0.3, -0.25) is 4.98 Å². The van der Waals surface area contributed by atoms with Crippen LogP contribution in [-0.2, 0) is 0 Å². The van der Waals surface area contributed by atoms with Gasteiger partial charge in [0.15, 0.2) is 5.82 Å². The zero-order valence-electron chi connectivity index (χ0n) is 10.1. The van der Waals surface area contributed by atoms with Gasteiger partial charge in [0.1, 0.15) is 5.69 Å². The Labute approximate surface area is 105 Å². The number of aromatic nitrogens is 3. The van der Waals surface area contributed by atoms with Crippen LogP contribution in [0.5, 0.6) is 0 Å². The maximum Gasteiger partial charge on any atom is 0.157 e. The fourth-order valence-electron chi connectivity index (χ4n) is 1.93. The number of aromatic amines is 1. The van der Waals surface area contributed by atoms with Crippen LogP contribution < -0.4 is 5.73 Å². The second-order valence-corrected chi connectivity index (χ2v) is 4.37. The van der Waals surface area contributed by atoms with Crippen molar-refractivity contribution in [3.05, 3.63) is 48.2 Å². The smallest absolute Gasteiger partial charge is 0.157 e. The van der Waals surface area contributed by atoms with Crippen molar-refractivity contribution in [3.8, 4) is 11.5 Å². The number of benzene rings is 1. The third-order valence-corrected chi connectivity index (χ3v) is 2.94. The second-order valence-electron chi connectivity index (χ2n) is 4.37.